The van der Waals surface area contributed by atoms with Crippen molar-refractivity contribution in [1.29, 1.82) is 0 Å². The van der Waals surface area contributed by atoms with Crippen LogP contribution in [0.2, 0.25) is 0 Å². The van der Waals surface area contributed by atoms with Crippen molar-refractivity contribution in [3.63, 3.8) is 0 Å². The first-order valence-electron chi connectivity index (χ1n) is 17.4. The molecule has 2 aromatic rings. The van der Waals surface area contributed by atoms with Crippen LogP contribution in [-0.2, 0) is 29.1 Å². The van der Waals surface area contributed by atoms with Crippen LogP contribution < -0.4 is 15.4 Å². The largest absolute Gasteiger partial charge is 0.446 e. The van der Waals surface area contributed by atoms with Crippen LogP contribution in [0.25, 0.3) is 10.6 Å². The minimum absolute atomic E-state index is 0.153. The molecule has 3 saturated carbocycles. The van der Waals surface area contributed by atoms with Crippen LogP contribution >= 0.6 is 11.3 Å². The van der Waals surface area contributed by atoms with Gasteiger partial charge < -0.3 is 20.3 Å². The summed E-state index contributed by atoms with van der Waals surface area (Å²) < 4.78 is 33.2. The summed E-state index contributed by atoms with van der Waals surface area (Å²) in [6, 6.07) is 5.89. The molecule has 3 N–H and O–H groups in total. The van der Waals surface area contributed by atoms with Gasteiger partial charge in [-0.1, -0.05) is 51.1 Å². The van der Waals surface area contributed by atoms with Gasteiger partial charge in [-0.3, -0.25) is 19.1 Å². The van der Waals surface area contributed by atoms with Gasteiger partial charge in [0.25, 0.3) is 5.91 Å². The Hall–Kier alpha value is -3.78. The summed E-state index contributed by atoms with van der Waals surface area (Å²) in [7, 11) is -3.87. The molecule has 12 nitrogen and oxygen atoms in total. The van der Waals surface area contributed by atoms with E-state index in [-0.39, 0.29) is 31.4 Å². The Morgan fingerprint density at radius 1 is 1.12 bits per heavy atom. The molecule has 4 fully saturated rings. The third-order valence-electron chi connectivity index (χ3n) is 10.4. The lowest BCUT2D eigenvalue weighted by Crippen LogP contribution is -2.60. The van der Waals surface area contributed by atoms with E-state index in [9.17, 15) is 27.6 Å². The highest BCUT2D eigenvalue weighted by Gasteiger charge is 2.62. The van der Waals surface area contributed by atoms with Crippen LogP contribution in [0.1, 0.15) is 89.3 Å². The van der Waals surface area contributed by atoms with E-state index >= 15 is 0 Å². The predicted molar refractivity (Wildman–Crippen MR) is 190 cm³/mol. The lowest BCUT2D eigenvalue weighted by molar-refractivity contribution is -0.142. The molecule has 4 aliphatic rings. The Labute approximate surface area is 297 Å². The van der Waals surface area contributed by atoms with E-state index in [2.05, 4.69) is 21.9 Å². The first kappa shape index (κ1) is 36.0. The molecule has 4 amide bonds. The van der Waals surface area contributed by atoms with Gasteiger partial charge in [0.05, 0.1) is 10.9 Å². The number of nitrogens with one attached hydrogen (secondary N) is 3. The Morgan fingerprint density at radius 2 is 1.82 bits per heavy atom. The van der Waals surface area contributed by atoms with Crippen LogP contribution in [0.15, 0.2) is 42.3 Å². The number of aromatic nitrogens is 1. The Kier molecular flexibility index (Phi) is 9.90. The number of hydrogen-bond donors (Lipinski definition) is 3. The zero-order valence-electron chi connectivity index (χ0n) is 29.1. The molecule has 0 bridgehead atoms. The molecule has 1 aromatic heterocycles. The summed E-state index contributed by atoms with van der Waals surface area (Å²) in [5.41, 5.74) is 0.567. The first-order valence-corrected chi connectivity index (χ1v) is 19.8. The number of benzene rings is 1. The summed E-state index contributed by atoms with van der Waals surface area (Å²) in [5.74, 6) is -2.64. The van der Waals surface area contributed by atoms with Gasteiger partial charge in [-0.25, -0.2) is 18.2 Å². The third-order valence-corrected chi connectivity index (χ3v) is 13.1. The quantitative estimate of drug-likeness (QED) is 0.284. The Morgan fingerprint density at radius 3 is 2.44 bits per heavy atom. The fourth-order valence-electron chi connectivity index (χ4n) is 7.10. The molecule has 1 unspecified atom stereocenters. The van der Waals surface area contributed by atoms with E-state index in [0.29, 0.717) is 12.8 Å². The summed E-state index contributed by atoms with van der Waals surface area (Å²) >= 11 is 1.49. The molecule has 1 saturated heterocycles. The maximum atomic E-state index is 14.5. The number of ether oxygens (including phenoxy) is 1. The van der Waals surface area contributed by atoms with E-state index in [0.717, 1.165) is 47.5 Å². The van der Waals surface area contributed by atoms with Crippen LogP contribution in [-0.4, -0.2) is 77.6 Å². The maximum absolute atomic E-state index is 14.5. The van der Waals surface area contributed by atoms with Gasteiger partial charge in [0.2, 0.25) is 21.8 Å². The number of alkyl carbamates (subject to hydrolysis) is 1. The van der Waals surface area contributed by atoms with Gasteiger partial charge in [-0.2, -0.15) is 0 Å². The third kappa shape index (κ3) is 7.46. The van der Waals surface area contributed by atoms with E-state index < -0.39 is 68.0 Å². The highest BCUT2D eigenvalue weighted by molar-refractivity contribution is 7.91. The second-order valence-electron chi connectivity index (χ2n) is 15.3. The van der Waals surface area contributed by atoms with Gasteiger partial charge in [-0.15, -0.1) is 17.9 Å². The number of sulfonamides is 1. The molecule has 1 aliphatic heterocycles. The summed E-state index contributed by atoms with van der Waals surface area (Å²) in [5, 5.41) is 7.80. The number of hydrogen-bond acceptors (Lipinski definition) is 9. The van der Waals surface area contributed by atoms with Crippen molar-refractivity contribution in [2.75, 3.05) is 6.54 Å². The highest BCUT2D eigenvalue weighted by atomic mass is 32.2. The van der Waals surface area contributed by atoms with Crippen LogP contribution in [0.4, 0.5) is 4.79 Å². The van der Waals surface area contributed by atoms with Gasteiger partial charge >= 0.3 is 6.09 Å². The average Bonchev–Trinajstić information content (AvgIpc) is 3.82. The van der Waals surface area contributed by atoms with E-state index in [1.807, 2.05) is 57.3 Å². The van der Waals surface area contributed by atoms with E-state index in [1.165, 1.54) is 22.3 Å². The number of likely N-dealkylation sites (tertiary alicyclic amines) is 1. The molecule has 14 heteroatoms. The smallest absolute Gasteiger partial charge is 0.408 e. The van der Waals surface area contributed by atoms with Crippen molar-refractivity contribution < 1.29 is 32.3 Å². The Balaban J connectivity index is 1.27. The molecule has 0 spiro atoms. The standard InChI is InChI=1S/C36H47N5O7S2/c1-6-23-18-36(23,33(44)40-50(46,47)25-15-16-25)39-30(42)28-17-22(27-20-49-31(37-27)26-14-10-7-11-21(26)2)19-41(28)32(43)29(35(3,4)5)38-34(45)48-24-12-8-9-13-24/h6-7,10-11,14,20,22-25,28-29H,1,8-9,12-13,15-19H2,2-5H3,(H,38,45)(H,39,42)(H,40,44)/t22-,23-,28+,29?,36-/m1/s1. The number of carbonyl (C=O) groups is 4. The molecule has 5 atom stereocenters. The Bertz CT molecular complexity index is 1780. The lowest BCUT2D eigenvalue weighted by Gasteiger charge is -2.35. The SMILES string of the molecule is C=C[C@@H]1C[C@]1(NC(=O)[C@@H]1C[C@@H](c2csc(-c3ccccc3C)n2)CN1C(=O)C(NC(=O)OC1CCCC1)C(C)(C)C)C(=O)NS(=O)(=O)C1CC1. The van der Waals surface area contributed by atoms with Crippen molar-refractivity contribution in [1.82, 2.24) is 25.2 Å². The molecule has 1 aromatic carbocycles. The van der Waals surface area contributed by atoms with Crippen LogP contribution in [0, 0.1) is 18.3 Å². The predicted octanol–water partition coefficient (Wildman–Crippen LogP) is 4.56. The molecule has 6 rings (SSSR count). The fraction of sp³-hybridized carbons (Fsp3) is 0.583. The lowest BCUT2D eigenvalue weighted by atomic mass is 9.85. The molecule has 50 heavy (non-hydrogen) atoms. The topological polar surface area (TPSA) is 164 Å². The molecule has 3 aliphatic carbocycles. The van der Waals surface area contributed by atoms with Crippen molar-refractivity contribution >= 4 is 45.2 Å². The highest BCUT2D eigenvalue weighted by Crippen LogP contribution is 2.46. The fourth-order valence-corrected chi connectivity index (χ4v) is 9.45. The minimum atomic E-state index is -3.87. The van der Waals surface area contributed by atoms with Crippen molar-refractivity contribution in [3.8, 4) is 10.6 Å². The van der Waals surface area contributed by atoms with Gasteiger partial charge in [-0.05, 0) is 69.3 Å². The van der Waals surface area contributed by atoms with E-state index in [1.54, 1.807) is 0 Å². The normalized spacial score (nSPS) is 25.8. The van der Waals surface area contributed by atoms with Crippen molar-refractivity contribution in [2.24, 2.45) is 11.3 Å². The zero-order valence-corrected chi connectivity index (χ0v) is 30.7. The number of carbonyl (C=O) groups excluding carboxylic acids is 4. The maximum Gasteiger partial charge on any atom is 0.408 e. The summed E-state index contributed by atoms with van der Waals surface area (Å²) in [6.07, 6.45) is 5.52. The summed E-state index contributed by atoms with van der Waals surface area (Å²) in [4.78, 5) is 61.7. The van der Waals surface area contributed by atoms with Crippen LogP contribution in [0.5, 0.6) is 0 Å². The van der Waals surface area contributed by atoms with E-state index in [4.69, 9.17) is 9.72 Å². The van der Waals surface area contributed by atoms with Gasteiger partial charge in [0.1, 0.15) is 28.7 Å². The summed E-state index contributed by atoms with van der Waals surface area (Å²) in [6.45, 7) is 11.5. The molecule has 270 valence electrons. The molecular weight excluding hydrogens is 679 g/mol. The zero-order chi connectivity index (χ0) is 36.0. The minimum Gasteiger partial charge on any atom is -0.446 e. The molecule has 2 heterocycles. The van der Waals surface area contributed by atoms with Gasteiger partial charge in [0, 0.05) is 29.3 Å². The van der Waals surface area contributed by atoms with Gasteiger partial charge in [0.15, 0.2) is 0 Å². The number of aryl methyl sites for hydroxylation is 1. The number of nitrogens with zero attached hydrogens (tertiary/aromatic N) is 2. The second kappa shape index (κ2) is 13.7. The van der Waals surface area contributed by atoms with Crippen molar-refractivity contribution in [2.45, 2.75) is 114 Å². The number of amides is 4. The number of rotatable bonds is 11. The molecular formula is C36H47N5O7S2. The van der Waals surface area contributed by atoms with Crippen LogP contribution in [0.3, 0.4) is 0 Å². The molecule has 0 radical (unpaired) electrons. The number of thiazole rings is 1. The first-order chi connectivity index (χ1) is 23.6. The average molecular weight is 726 g/mol. The monoisotopic (exact) mass is 725 g/mol. The van der Waals surface area contributed by atoms with Crippen molar-refractivity contribution in [3.05, 3.63) is 53.6 Å². The second-order valence-corrected chi connectivity index (χ2v) is 18.1.